The molecule has 0 unspecified atom stereocenters. The van der Waals surface area contributed by atoms with Crippen LogP contribution < -0.4 is 9.62 Å². The van der Waals surface area contributed by atoms with Crippen LogP contribution in [0.15, 0.2) is 65.0 Å². The van der Waals surface area contributed by atoms with Gasteiger partial charge in [-0.25, -0.2) is 0 Å². The van der Waals surface area contributed by atoms with E-state index in [0.717, 1.165) is 16.9 Å². The molecule has 26 heavy (non-hydrogen) atoms. The number of hydrogen-bond acceptors (Lipinski definition) is 6. The van der Waals surface area contributed by atoms with Gasteiger partial charge < -0.3 is 5.32 Å². The van der Waals surface area contributed by atoms with Crippen LogP contribution in [0, 0.1) is 0 Å². The van der Waals surface area contributed by atoms with E-state index in [9.17, 15) is 13.2 Å². The Kier molecular flexibility index (Phi) is 5.29. The lowest BCUT2D eigenvalue weighted by atomic mass is 10.2. The lowest BCUT2D eigenvalue weighted by molar-refractivity contribution is -0.114. The zero-order valence-corrected chi connectivity index (χ0v) is 15.5. The number of para-hydroxylation sites is 1. The molecule has 1 aromatic heterocycles. The normalized spacial score (nSPS) is 11.1. The fourth-order valence-corrected chi connectivity index (χ4v) is 4.77. The smallest absolute Gasteiger partial charge is 0.293 e. The third-order valence-corrected chi connectivity index (χ3v) is 6.37. The van der Waals surface area contributed by atoms with Crippen molar-refractivity contribution in [2.45, 2.75) is 17.8 Å². The third-order valence-electron chi connectivity index (χ3n) is 3.41. The van der Waals surface area contributed by atoms with E-state index in [1.807, 2.05) is 36.4 Å². The van der Waals surface area contributed by atoms with Crippen molar-refractivity contribution in [2.75, 3.05) is 9.62 Å². The van der Waals surface area contributed by atoms with Gasteiger partial charge >= 0.3 is 0 Å². The van der Waals surface area contributed by atoms with Gasteiger partial charge in [0.25, 0.3) is 14.4 Å². The molecule has 1 heterocycles. The predicted molar refractivity (Wildman–Crippen MR) is 100 cm³/mol. The van der Waals surface area contributed by atoms with Crippen LogP contribution in [-0.2, 0) is 21.4 Å². The van der Waals surface area contributed by atoms with Gasteiger partial charge in [0.05, 0.1) is 12.2 Å². The summed E-state index contributed by atoms with van der Waals surface area (Å²) in [6, 6.07) is 18.1. The molecular formula is C17H16N4O3S2. The lowest BCUT2D eigenvalue weighted by Gasteiger charge is -2.23. The van der Waals surface area contributed by atoms with Gasteiger partial charge in [-0.1, -0.05) is 59.9 Å². The number of carbonyl (C=O) groups is 1. The van der Waals surface area contributed by atoms with E-state index in [-0.39, 0.29) is 21.9 Å². The van der Waals surface area contributed by atoms with Crippen molar-refractivity contribution < 1.29 is 13.2 Å². The first kappa shape index (κ1) is 18.0. The minimum atomic E-state index is -3.94. The third kappa shape index (κ3) is 4.06. The summed E-state index contributed by atoms with van der Waals surface area (Å²) in [5, 5.41) is 10.1. The van der Waals surface area contributed by atoms with Crippen LogP contribution >= 0.6 is 11.3 Å². The molecule has 0 aliphatic heterocycles. The standard InChI is InChI=1S/C17H16N4O3S2/c1-13(22)18-16-19-20-17(25-16)26(23,24)21(15-10-6-3-7-11-15)12-14-8-4-2-5-9-14/h2-11H,12H2,1H3,(H,18,19,22). The van der Waals surface area contributed by atoms with Gasteiger partial charge in [-0.15, -0.1) is 10.2 Å². The summed E-state index contributed by atoms with van der Waals surface area (Å²) >= 11 is 0.818. The van der Waals surface area contributed by atoms with Crippen molar-refractivity contribution in [3.05, 3.63) is 66.2 Å². The molecule has 0 spiro atoms. The molecule has 3 rings (SSSR count). The van der Waals surface area contributed by atoms with E-state index < -0.39 is 10.0 Å². The maximum absolute atomic E-state index is 13.2. The first-order valence-corrected chi connectivity index (χ1v) is 9.95. The molecule has 0 atom stereocenters. The van der Waals surface area contributed by atoms with Crippen molar-refractivity contribution >= 4 is 38.1 Å². The fraction of sp³-hybridized carbons (Fsp3) is 0.118. The predicted octanol–water partition coefficient (Wildman–Crippen LogP) is 2.89. The number of sulfonamides is 1. The number of anilines is 2. The monoisotopic (exact) mass is 388 g/mol. The quantitative estimate of drug-likeness (QED) is 0.656. The van der Waals surface area contributed by atoms with Crippen molar-refractivity contribution in [2.24, 2.45) is 0 Å². The van der Waals surface area contributed by atoms with Crippen LogP contribution in [0.5, 0.6) is 0 Å². The zero-order chi connectivity index (χ0) is 18.6. The molecule has 3 aromatic rings. The van der Waals surface area contributed by atoms with Crippen LogP contribution in [0.3, 0.4) is 0 Å². The summed E-state index contributed by atoms with van der Waals surface area (Å²) in [4.78, 5) is 11.1. The number of benzene rings is 2. The van der Waals surface area contributed by atoms with Gasteiger partial charge in [0.15, 0.2) is 0 Å². The molecule has 1 N–H and O–H groups in total. The SMILES string of the molecule is CC(=O)Nc1nnc(S(=O)(=O)N(Cc2ccccc2)c2ccccc2)s1. The van der Waals surface area contributed by atoms with Gasteiger partial charge in [0, 0.05) is 6.92 Å². The molecule has 9 heteroatoms. The highest BCUT2D eigenvalue weighted by molar-refractivity contribution is 7.94. The minimum Gasteiger partial charge on any atom is -0.301 e. The summed E-state index contributed by atoms with van der Waals surface area (Å²) in [5.41, 5.74) is 1.36. The second kappa shape index (κ2) is 7.63. The molecule has 0 fully saturated rings. The zero-order valence-electron chi connectivity index (χ0n) is 13.9. The Morgan fingerprint density at radius 3 is 2.27 bits per heavy atom. The van der Waals surface area contributed by atoms with E-state index in [1.54, 1.807) is 24.3 Å². The fourth-order valence-electron chi connectivity index (χ4n) is 2.27. The highest BCUT2D eigenvalue weighted by Crippen LogP contribution is 2.28. The Labute approximate surface area is 155 Å². The number of nitrogens with zero attached hydrogens (tertiary/aromatic N) is 3. The van der Waals surface area contributed by atoms with Crippen LogP contribution in [0.25, 0.3) is 0 Å². The van der Waals surface area contributed by atoms with Gasteiger partial charge in [-0.2, -0.15) is 8.42 Å². The summed E-state index contributed by atoms with van der Waals surface area (Å²) in [6.45, 7) is 1.48. The van der Waals surface area contributed by atoms with Gasteiger partial charge in [0.2, 0.25) is 11.0 Å². The number of amides is 1. The first-order valence-electron chi connectivity index (χ1n) is 7.69. The molecule has 0 aliphatic rings. The molecule has 2 aromatic carbocycles. The highest BCUT2D eigenvalue weighted by Gasteiger charge is 2.29. The van der Waals surface area contributed by atoms with Crippen LogP contribution in [0.1, 0.15) is 12.5 Å². The van der Waals surface area contributed by atoms with Crippen molar-refractivity contribution in [3.8, 4) is 0 Å². The molecular weight excluding hydrogens is 372 g/mol. The first-order chi connectivity index (χ1) is 12.5. The minimum absolute atomic E-state index is 0.142. The molecule has 134 valence electrons. The average Bonchev–Trinajstić information content (AvgIpc) is 3.10. The summed E-state index contributed by atoms with van der Waals surface area (Å²) in [6.07, 6.45) is 0. The molecule has 0 saturated carbocycles. The van der Waals surface area contributed by atoms with E-state index in [0.29, 0.717) is 5.69 Å². The Balaban J connectivity index is 1.99. The highest BCUT2D eigenvalue weighted by atomic mass is 32.2. The van der Waals surface area contributed by atoms with Gasteiger partial charge in [-0.3, -0.25) is 9.10 Å². The number of hydrogen-bond donors (Lipinski definition) is 1. The topological polar surface area (TPSA) is 92.3 Å². The van der Waals surface area contributed by atoms with Crippen LogP contribution in [0.4, 0.5) is 10.8 Å². The Bertz CT molecular complexity index is 989. The van der Waals surface area contributed by atoms with E-state index in [1.165, 1.54) is 11.2 Å². The Morgan fingerprint density at radius 2 is 1.65 bits per heavy atom. The summed E-state index contributed by atoms with van der Waals surface area (Å²) in [7, 11) is -3.94. The Hall–Kier alpha value is -2.78. The molecule has 0 bridgehead atoms. The molecule has 0 saturated heterocycles. The van der Waals surface area contributed by atoms with Crippen molar-refractivity contribution in [1.29, 1.82) is 0 Å². The summed E-state index contributed by atoms with van der Waals surface area (Å²) < 4.78 is 27.4. The molecule has 0 radical (unpaired) electrons. The number of rotatable bonds is 6. The molecule has 7 nitrogen and oxygen atoms in total. The van der Waals surface area contributed by atoms with E-state index in [2.05, 4.69) is 15.5 Å². The number of carbonyl (C=O) groups excluding carboxylic acids is 1. The number of nitrogens with one attached hydrogen (secondary N) is 1. The van der Waals surface area contributed by atoms with E-state index >= 15 is 0 Å². The van der Waals surface area contributed by atoms with Gasteiger partial charge in [-0.05, 0) is 17.7 Å². The average molecular weight is 388 g/mol. The van der Waals surface area contributed by atoms with Gasteiger partial charge in [0.1, 0.15) is 0 Å². The van der Waals surface area contributed by atoms with E-state index in [4.69, 9.17) is 0 Å². The second-order valence-corrected chi connectivity index (χ2v) is 8.40. The molecule has 1 amide bonds. The maximum atomic E-state index is 13.2. The number of aromatic nitrogens is 2. The van der Waals surface area contributed by atoms with Crippen LogP contribution in [-0.4, -0.2) is 24.5 Å². The molecule has 0 aliphatic carbocycles. The second-order valence-electron chi connectivity index (χ2n) is 5.39. The summed E-state index contributed by atoms with van der Waals surface area (Å²) in [5.74, 6) is -0.339. The lowest BCUT2D eigenvalue weighted by Crippen LogP contribution is -2.30. The Morgan fingerprint density at radius 1 is 1.04 bits per heavy atom. The largest absolute Gasteiger partial charge is 0.301 e. The van der Waals surface area contributed by atoms with Crippen molar-refractivity contribution in [3.63, 3.8) is 0 Å². The maximum Gasteiger partial charge on any atom is 0.293 e. The van der Waals surface area contributed by atoms with Crippen molar-refractivity contribution in [1.82, 2.24) is 10.2 Å². The van der Waals surface area contributed by atoms with Crippen LogP contribution in [0.2, 0.25) is 0 Å².